The molecule has 112 valence electrons. The van der Waals surface area contributed by atoms with Crippen LogP contribution in [0.3, 0.4) is 0 Å². The van der Waals surface area contributed by atoms with Gasteiger partial charge in [-0.05, 0) is 26.3 Å². The van der Waals surface area contributed by atoms with Crippen LogP contribution in [0.4, 0.5) is 0 Å². The Bertz CT molecular complexity index is 566. The lowest BCUT2D eigenvalue weighted by Gasteiger charge is -2.12. The number of hydrogen-bond acceptors (Lipinski definition) is 5. The van der Waals surface area contributed by atoms with Gasteiger partial charge in [0.15, 0.2) is 0 Å². The van der Waals surface area contributed by atoms with Crippen molar-refractivity contribution in [1.29, 1.82) is 0 Å². The van der Waals surface area contributed by atoms with Crippen molar-refractivity contribution in [1.82, 2.24) is 25.1 Å². The van der Waals surface area contributed by atoms with Crippen LogP contribution in [-0.4, -0.2) is 31.8 Å². The maximum Gasteiger partial charge on any atom is 0.244 e. The zero-order chi connectivity index (χ0) is 15.2. The van der Waals surface area contributed by atoms with Crippen LogP contribution in [-0.2, 0) is 11.3 Å². The maximum atomic E-state index is 12.0. The van der Waals surface area contributed by atoms with Gasteiger partial charge >= 0.3 is 0 Å². The van der Waals surface area contributed by atoms with Crippen LogP contribution < -0.4 is 10.1 Å². The molecule has 0 unspecified atom stereocenters. The van der Waals surface area contributed by atoms with Gasteiger partial charge in [-0.1, -0.05) is 6.07 Å². The van der Waals surface area contributed by atoms with Gasteiger partial charge in [0, 0.05) is 18.8 Å². The van der Waals surface area contributed by atoms with Crippen LogP contribution in [0, 0.1) is 0 Å². The lowest BCUT2D eigenvalue weighted by Crippen LogP contribution is -2.30. The van der Waals surface area contributed by atoms with E-state index in [1.54, 1.807) is 19.2 Å². The van der Waals surface area contributed by atoms with E-state index in [0.29, 0.717) is 12.4 Å². The van der Waals surface area contributed by atoms with Crippen LogP contribution in [0.15, 0.2) is 31.0 Å². The zero-order valence-electron chi connectivity index (χ0n) is 12.4. The molecule has 21 heavy (non-hydrogen) atoms. The minimum absolute atomic E-state index is 0.0894. The summed E-state index contributed by atoms with van der Waals surface area (Å²) < 4.78 is 6.97. The van der Waals surface area contributed by atoms with E-state index in [9.17, 15) is 4.79 Å². The predicted molar refractivity (Wildman–Crippen MR) is 76.6 cm³/mol. The van der Waals surface area contributed by atoms with Crippen molar-refractivity contribution >= 4 is 5.91 Å². The highest BCUT2D eigenvalue weighted by Crippen LogP contribution is 2.10. The summed E-state index contributed by atoms with van der Waals surface area (Å²) in [5, 5.41) is 6.79. The van der Waals surface area contributed by atoms with Gasteiger partial charge in [0.25, 0.3) is 0 Å². The molecule has 2 aromatic rings. The fourth-order valence-corrected chi connectivity index (χ4v) is 1.70. The summed E-state index contributed by atoms with van der Waals surface area (Å²) in [5.74, 6) is 0.457. The molecule has 0 radical (unpaired) electrons. The lowest BCUT2D eigenvalue weighted by molar-refractivity contribution is -0.124. The molecule has 0 aliphatic carbocycles. The van der Waals surface area contributed by atoms with Gasteiger partial charge in [0.2, 0.25) is 11.8 Å². The monoisotopic (exact) mass is 289 g/mol. The summed E-state index contributed by atoms with van der Waals surface area (Å²) >= 11 is 0. The molecule has 7 heteroatoms. The largest absolute Gasteiger partial charge is 0.475 e. The van der Waals surface area contributed by atoms with E-state index >= 15 is 0 Å². The molecule has 2 heterocycles. The Morgan fingerprint density at radius 3 is 2.76 bits per heavy atom. The summed E-state index contributed by atoms with van der Waals surface area (Å²) in [7, 11) is 0. The second-order valence-electron chi connectivity index (χ2n) is 4.94. The molecule has 7 nitrogen and oxygen atoms in total. The van der Waals surface area contributed by atoms with Crippen molar-refractivity contribution in [3.8, 4) is 5.88 Å². The van der Waals surface area contributed by atoms with Crippen molar-refractivity contribution in [3.63, 3.8) is 0 Å². The normalized spacial score (nSPS) is 12.2. The Hall–Kier alpha value is -2.44. The van der Waals surface area contributed by atoms with Crippen molar-refractivity contribution in [2.45, 2.75) is 39.5 Å². The van der Waals surface area contributed by atoms with Crippen LogP contribution in [0.1, 0.15) is 32.4 Å². The Kier molecular flexibility index (Phi) is 4.86. The molecule has 0 bridgehead atoms. The highest BCUT2D eigenvalue weighted by Gasteiger charge is 2.14. The first-order valence-corrected chi connectivity index (χ1v) is 6.79. The lowest BCUT2D eigenvalue weighted by atomic mass is 10.2. The van der Waals surface area contributed by atoms with E-state index in [1.165, 1.54) is 17.3 Å². The average molecular weight is 289 g/mol. The van der Waals surface area contributed by atoms with Gasteiger partial charge in [0.05, 0.1) is 6.10 Å². The quantitative estimate of drug-likeness (QED) is 0.867. The van der Waals surface area contributed by atoms with Crippen molar-refractivity contribution in [2.75, 3.05) is 0 Å². The van der Waals surface area contributed by atoms with Gasteiger partial charge in [-0.2, -0.15) is 5.10 Å². The number of pyridine rings is 1. The number of carbonyl (C=O) groups excluding carboxylic acids is 1. The van der Waals surface area contributed by atoms with E-state index < -0.39 is 6.04 Å². The second-order valence-corrected chi connectivity index (χ2v) is 4.94. The van der Waals surface area contributed by atoms with Crippen LogP contribution in [0.25, 0.3) is 0 Å². The van der Waals surface area contributed by atoms with Gasteiger partial charge in [0.1, 0.15) is 18.7 Å². The number of nitrogens with zero attached hydrogens (tertiary/aromatic N) is 4. The number of rotatable bonds is 6. The van der Waals surface area contributed by atoms with E-state index in [4.69, 9.17) is 4.74 Å². The van der Waals surface area contributed by atoms with Gasteiger partial charge in [-0.3, -0.25) is 4.79 Å². The van der Waals surface area contributed by atoms with E-state index in [1.807, 2.05) is 19.9 Å². The van der Waals surface area contributed by atoms with Gasteiger partial charge in [-0.15, -0.1) is 0 Å². The minimum Gasteiger partial charge on any atom is -0.475 e. The van der Waals surface area contributed by atoms with Crippen LogP contribution in [0.5, 0.6) is 5.88 Å². The second kappa shape index (κ2) is 6.83. The molecule has 1 atom stereocenters. The highest BCUT2D eigenvalue weighted by molar-refractivity contribution is 5.79. The maximum absolute atomic E-state index is 12.0. The Labute approximate surface area is 123 Å². The van der Waals surface area contributed by atoms with Crippen LogP contribution in [0.2, 0.25) is 0 Å². The number of nitrogens with one attached hydrogen (secondary N) is 1. The van der Waals surface area contributed by atoms with Gasteiger partial charge < -0.3 is 10.1 Å². The van der Waals surface area contributed by atoms with Gasteiger partial charge in [-0.25, -0.2) is 14.6 Å². The van der Waals surface area contributed by atoms with E-state index in [2.05, 4.69) is 20.4 Å². The molecule has 0 aromatic carbocycles. The smallest absolute Gasteiger partial charge is 0.244 e. The summed E-state index contributed by atoms with van der Waals surface area (Å²) in [4.78, 5) is 20.0. The number of ether oxygens (including phenoxy) is 1. The number of aromatic nitrogens is 4. The van der Waals surface area contributed by atoms with Crippen molar-refractivity contribution in [3.05, 3.63) is 36.5 Å². The average Bonchev–Trinajstić information content (AvgIpc) is 2.99. The molecule has 2 rings (SSSR count). The third-order valence-electron chi connectivity index (χ3n) is 2.83. The van der Waals surface area contributed by atoms with Crippen LogP contribution >= 0.6 is 0 Å². The number of carbonyl (C=O) groups is 1. The SMILES string of the molecule is CC(C)Oc1ccc(CNC(=O)[C@@H](C)n2cncn2)cn1. The first-order chi connectivity index (χ1) is 10.1. The number of hydrogen-bond donors (Lipinski definition) is 1. The van der Waals surface area contributed by atoms with E-state index in [0.717, 1.165) is 5.56 Å². The molecular weight excluding hydrogens is 270 g/mol. The summed E-state index contributed by atoms with van der Waals surface area (Å²) in [6, 6.07) is 3.28. The predicted octanol–water partition coefficient (Wildman–Crippen LogP) is 1.34. The summed E-state index contributed by atoms with van der Waals surface area (Å²) in [5.41, 5.74) is 0.908. The van der Waals surface area contributed by atoms with E-state index in [-0.39, 0.29) is 12.0 Å². The molecule has 0 aliphatic rings. The van der Waals surface area contributed by atoms with Crippen molar-refractivity contribution < 1.29 is 9.53 Å². The molecule has 2 aromatic heterocycles. The molecule has 1 amide bonds. The highest BCUT2D eigenvalue weighted by atomic mass is 16.5. The molecule has 0 aliphatic heterocycles. The number of amides is 1. The molecule has 0 saturated carbocycles. The Morgan fingerprint density at radius 2 is 2.19 bits per heavy atom. The fourth-order valence-electron chi connectivity index (χ4n) is 1.70. The standard InChI is InChI=1S/C14H19N5O2/c1-10(2)21-13-5-4-12(6-16-13)7-17-14(20)11(3)19-9-15-8-18-19/h4-6,8-11H,7H2,1-3H3,(H,17,20)/t11-/m1/s1. The fraction of sp³-hybridized carbons (Fsp3) is 0.429. The summed E-state index contributed by atoms with van der Waals surface area (Å²) in [6.45, 7) is 6.07. The molecule has 0 fully saturated rings. The molecule has 0 spiro atoms. The molecule has 1 N–H and O–H groups in total. The third-order valence-corrected chi connectivity index (χ3v) is 2.83. The first kappa shape index (κ1) is 15.0. The van der Waals surface area contributed by atoms with Crippen molar-refractivity contribution in [2.24, 2.45) is 0 Å². The Morgan fingerprint density at radius 1 is 1.38 bits per heavy atom. The summed E-state index contributed by atoms with van der Waals surface area (Å²) in [6.07, 6.45) is 4.70. The molecule has 0 saturated heterocycles. The molecular formula is C14H19N5O2. The third kappa shape index (κ3) is 4.27. The minimum atomic E-state index is -0.399. The Balaban J connectivity index is 1.86. The first-order valence-electron chi connectivity index (χ1n) is 6.79. The zero-order valence-corrected chi connectivity index (χ0v) is 12.4. The topological polar surface area (TPSA) is 81.9 Å².